The molecule has 11 heteroatoms. The van der Waals surface area contributed by atoms with Crippen LogP contribution >= 0.6 is 11.3 Å². The first-order chi connectivity index (χ1) is 23.4. The van der Waals surface area contributed by atoms with Gasteiger partial charge in [-0.1, -0.05) is 0 Å². The fourth-order valence-electron chi connectivity index (χ4n) is 6.97. The van der Waals surface area contributed by atoms with Crippen molar-refractivity contribution in [1.29, 1.82) is 0 Å². The molecule has 9 nitrogen and oxygen atoms in total. The van der Waals surface area contributed by atoms with Crippen molar-refractivity contribution in [3.63, 3.8) is 0 Å². The number of nitrogens with zero attached hydrogens (tertiary/aromatic N) is 5. The van der Waals surface area contributed by atoms with Crippen LogP contribution in [0.2, 0.25) is 0 Å². The molecule has 0 radical (unpaired) electrons. The molecule has 2 fully saturated rings. The number of hydrogen-bond donors (Lipinski definition) is 1. The van der Waals surface area contributed by atoms with Gasteiger partial charge >= 0.3 is 0 Å². The van der Waals surface area contributed by atoms with Crippen molar-refractivity contribution in [1.82, 2.24) is 15.2 Å². The molecule has 0 atom stereocenters. The smallest absolute Gasteiger partial charge is 0.259 e. The van der Waals surface area contributed by atoms with E-state index in [0.29, 0.717) is 41.3 Å². The van der Waals surface area contributed by atoms with Gasteiger partial charge in [0.25, 0.3) is 11.8 Å². The molecule has 0 saturated carbocycles. The minimum Gasteiger partial charge on any atom is -0.381 e. The van der Waals surface area contributed by atoms with Gasteiger partial charge in [-0.3, -0.25) is 9.59 Å². The summed E-state index contributed by atoms with van der Waals surface area (Å²) in [5.74, 6) is -0.210. The van der Waals surface area contributed by atoms with Crippen molar-refractivity contribution >= 4 is 40.3 Å². The average Bonchev–Trinajstić information content (AvgIpc) is 3.46. The standard InChI is InChI=1S/C37H33FN6O3S/c1-23-16-30(34(39-19-23)43-21-37(22-43)10-14-47-15-11-37)35(45)42-28-5-2-24(3-6-28)36(46)44-13-9-25-17-32(26-8-12-40-41-20-26)48-33(25)29-7-4-27(38)18-31(29)44/h2-8,12,16-20H,9-11,13-15,21-22H2,1H3,(H,42,45). The van der Waals surface area contributed by atoms with Crippen LogP contribution in [0.1, 0.15) is 44.7 Å². The molecule has 0 unspecified atom stereocenters. The summed E-state index contributed by atoms with van der Waals surface area (Å²) in [6.07, 6.45) is 7.85. The number of thiophene rings is 1. The van der Waals surface area contributed by atoms with Crippen LogP contribution in [0.5, 0.6) is 0 Å². The normalized spacial score (nSPS) is 16.5. The molecule has 2 aromatic carbocycles. The van der Waals surface area contributed by atoms with Crippen LogP contribution in [0.3, 0.4) is 0 Å². The van der Waals surface area contributed by atoms with Crippen molar-refractivity contribution in [2.75, 3.05) is 48.0 Å². The van der Waals surface area contributed by atoms with E-state index in [1.807, 2.05) is 19.1 Å². The molecule has 242 valence electrons. The summed E-state index contributed by atoms with van der Waals surface area (Å²) in [7, 11) is 0. The number of amides is 2. The quantitative estimate of drug-likeness (QED) is 0.222. The van der Waals surface area contributed by atoms with Crippen molar-refractivity contribution in [3.05, 3.63) is 107 Å². The number of benzene rings is 2. The van der Waals surface area contributed by atoms with Gasteiger partial charge in [-0.2, -0.15) is 10.2 Å². The summed E-state index contributed by atoms with van der Waals surface area (Å²) < 4.78 is 20.2. The topological polar surface area (TPSA) is 101 Å². The zero-order chi connectivity index (χ0) is 32.8. The first-order valence-electron chi connectivity index (χ1n) is 16.1. The number of carbonyl (C=O) groups is 2. The van der Waals surface area contributed by atoms with E-state index in [2.05, 4.69) is 31.5 Å². The monoisotopic (exact) mass is 660 g/mol. The molecule has 6 heterocycles. The number of halogens is 1. The van der Waals surface area contributed by atoms with Crippen molar-refractivity contribution in [3.8, 4) is 20.9 Å². The van der Waals surface area contributed by atoms with Gasteiger partial charge in [0.15, 0.2) is 0 Å². The Bertz CT molecular complexity index is 2020. The fraction of sp³-hybridized carbons (Fsp3) is 0.270. The molecule has 2 saturated heterocycles. The molecule has 3 aromatic heterocycles. The van der Waals surface area contributed by atoms with Gasteiger partial charge in [-0.15, -0.1) is 11.3 Å². The van der Waals surface area contributed by atoms with E-state index in [-0.39, 0.29) is 17.2 Å². The Hall–Kier alpha value is -5.00. The number of fused-ring (bicyclic) bond motifs is 3. The maximum atomic E-state index is 14.6. The number of aromatic nitrogens is 3. The van der Waals surface area contributed by atoms with Gasteiger partial charge in [0.1, 0.15) is 11.6 Å². The number of carbonyl (C=O) groups excluding carboxylic acids is 2. The number of pyridine rings is 1. The van der Waals surface area contributed by atoms with Gasteiger partial charge in [0, 0.05) is 76.6 Å². The predicted octanol–water partition coefficient (Wildman–Crippen LogP) is 6.79. The number of anilines is 3. The molecule has 5 aromatic rings. The van der Waals surface area contributed by atoms with Gasteiger partial charge in [-0.05, 0) is 98.0 Å². The number of nitrogens with one attached hydrogen (secondary N) is 1. The second-order valence-corrected chi connectivity index (χ2v) is 13.9. The van der Waals surface area contributed by atoms with Crippen molar-refractivity contribution < 1.29 is 18.7 Å². The lowest BCUT2D eigenvalue weighted by Gasteiger charge is -2.53. The number of ether oxygens (including phenoxy) is 1. The summed E-state index contributed by atoms with van der Waals surface area (Å²) in [4.78, 5) is 38.0. The maximum Gasteiger partial charge on any atom is 0.259 e. The molecular formula is C37H33FN6O3S. The van der Waals surface area contributed by atoms with E-state index in [1.165, 1.54) is 12.1 Å². The summed E-state index contributed by atoms with van der Waals surface area (Å²) in [6, 6.07) is 17.4. The molecule has 48 heavy (non-hydrogen) atoms. The predicted molar refractivity (Wildman–Crippen MR) is 184 cm³/mol. The van der Waals surface area contributed by atoms with Crippen LogP contribution in [0.25, 0.3) is 20.9 Å². The maximum absolute atomic E-state index is 14.6. The van der Waals surface area contributed by atoms with Crippen LogP contribution in [0.4, 0.5) is 21.6 Å². The van der Waals surface area contributed by atoms with Crippen molar-refractivity contribution in [2.45, 2.75) is 26.2 Å². The lowest BCUT2D eigenvalue weighted by atomic mass is 9.73. The molecule has 2 amide bonds. The molecule has 0 bridgehead atoms. The SMILES string of the molecule is Cc1cnc(N2CC3(CCOCC3)C2)c(C(=O)Nc2ccc(C(=O)N3CCc4cc(-c5ccnnc5)sc4-c4ccc(F)cc43)cc2)c1. The lowest BCUT2D eigenvalue weighted by molar-refractivity contribution is -0.000510. The van der Waals surface area contributed by atoms with Crippen LogP contribution < -0.4 is 15.1 Å². The Balaban J connectivity index is 1.01. The van der Waals surface area contributed by atoms with Crippen LogP contribution in [-0.2, 0) is 11.2 Å². The van der Waals surface area contributed by atoms with Gasteiger partial charge in [0.05, 0.1) is 23.6 Å². The van der Waals surface area contributed by atoms with E-state index in [9.17, 15) is 14.0 Å². The lowest BCUT2D eigenvalue weighted by Crippen LogP contribution is -2.59. The van der Waals surface area contributed by atoms with E-state index >= 15 is 0 Å². The third-order valence-corrected chi connectivity index (χ3v) is 10.8. The van der Waals surface area contributed by atoms with Crippen LogP contribution in [0.15, 0.2) is 79.3 Å². The molecule has 0 aliphatic carbocycles. The second-order valence-electron chi connectivity index (χ2n) is 12.8. The Morgan fingerprint density at radius 2 is 1.79 bits per heavy atom. The zero-order valence-electron chi connectivity index (χ0n) is 26.4. The summed E-state index contributed by atoms with van der Waals surface area (Å²) in [6.45, 7) is 5.60. The molecule has 1 spiro atoms. The summed E-state index contributed by atoms with van der Waals surface area (Å²) in [5.41, 5.74) is 6.08. The second kappa shape index (κ2) is 12.2. The summed E-state index contributed by atoms with van der Waals surface area (Å²) in [5, 5.41) is 10.9. The highest BCUT2D eigenvalue weighted by Gasteiger charge is 2.45. The van der Waals surface area contributed by atoms with Gasteiger partial charge in [-0.25, -0.2) is 9.37 Å². The Morgan fingerprint density at radius 3 is 2.56 bits per heavy atom. The first-order valence-corrected chi connectivity index (χ1v) is 16.9. The van der Waals surface area contributed by atoms with Crippen molar-refractivity contribution in [2.24, 2.45) is 5.41 Å². The summed E-state index contributed by atoms with van der Waals surface area (Å²) >= 11 is 1.60. The van der Waals surface area contributed by atoms with E-state index in [0.717, 1.165) is 71.2 Å². The first kappa shape index (κ1) is 30.3. The van der Waals surface area contributed by atoms with Crippen LogP contribution in [-0.4, -0.2) is 59.8 Å². The van der Waals surface area contributed by atoms with Crippen LogP contribution in [0, 0.1) is 18.2 Å². The molecule has 1 N–H and O–H groups in total. The molecule has 3 aliphatic rings. The Labute approximate surface area is 281 Å². The van der Waals surface area contributed by atoms with E-state index in [1.54, 1.807) is 65.2 Å². The van der Waals surface area contributed by atoms with Gasteiger partial charge in [0.2, 0.25) is 0 Å². The minimum absolute atomic E-state index is 0.238. The minimum atomic E-state index is -0.408. The fourth-order valence-corrected chi connectivity index (χ4v) is 8.20. The number of rotatable bonds is 5. The third-order valence-electron chi connectivity index (χ3n) is 9.57. The molecular weight excluding hydrogens is 628 g/mol. The largest absolute Gasteiger partial charge is 0.381 e. The highest BCUT2D eigenvalue weighted by Crippen LogP contribution is 2.45. The zero-order valence-corrected chi connectivity index (χ0v) is 27.2. The van der Waals surface area contributed by atoms with E-state index in [4.69, 9.17) is 4.74 Å². The Morgan fingerprint density at radius 1 is 0.979 bits per heavy atom. The average molecular weight is 661 g/mol. The highest BCUT2D eigenvalue weighted by atomic mass is 32.1. The molecule has 8 rings (SSSR count). The Kier molecular flexibility index (Phi) is 7.73. The highest BCUT2D eigenvalue weighted by molar-refractivity contribution is 7.19. The molecule has 3 aliphatic heterocycles. The number of hydrogen-bond acceptors (Lipinski definition) is 8. The van der Waals surface area contributed by atoms with Gasteiger partial charge < -0.3 is 19.9 Å². The number of aryl methyl sites for hydroxylation is 1. The van der Waals surface area contributed by atoms with E-state index < -0.39 is 5.82 Å². The third kappa shape index (κ3) is 5.62.